The lowest BCUT2D eigenvalue weighted by atomic mass is 10.1. The van der Waals surface area contributed by atoms with E-state index in [1.807, 2.05) is 6.07 Å². The fourth-order valence-electron chi connectivity index (χ4n) is 1.94. The third kappa shape index (κ3) is 3.67. The lowest BCUT2D eigenvalue weighted by Gasteiger charge is -2.42. The third-order valence-electron chi connectivity index (χ3n) is 2.94. The summed E-state index contributed by atoms with van der Waals surface area (Å²) < 4.78 is 5.31. The van der Waals surface area contributed by atoms with Crippen LogP contribution in [0.15, 0.2) is 41.8 Å². The van der Waals surface area contributed by atoms with Gasteiger partial charge in [0.15, 0.2) is 6.61 Å². The van der Waals surface area contributed by atoms with Gasteiger partial charge in [-0.15, -0.1) is 11.8 Å². The number of nitrogens with one attached hydrogen (secondary N) is 1. The Kier molecular flexibility index (Phi) is 5.21. The number of para-hydroxylation sites is 1. The Morgan fingerprint density at radius 2 is 2.14 bits per heavy atom. The Morgan fingerprint density at radius 3 is 2.73 bits per heavy atom. The maximum absolute atomic E-state index is 11.9. The largest absolute Gasteiger partial charge is 0.484 e. The monoisotopic (exact) mass is 320 g/mol. The Labute approximate surface area is 132 Å². The first kappa shape index (κ1) is 16.1. The van der Waals surface area contributed by atoms with Crippen molar-refractivity contribution in [2.75, 3.05) is 6.61 Å². The molecule has 7 heteroatoms. The Hall–Kier alpha value is -2.28. The number of β-lactam (4-membered cyclic amide) rings is 1. The van der Waals surface area contributed by atoms with Crippen molar-refractivity contribution in [1.29, 1.82) is 0 Å². The minimum atomic E-state index is -0.737. The molecule has 6 nitrogen and oxygen atoms in total. The molecule has 1 fully saturated rings. The molecule has 116 valence electrons. The van der Waals surface area contributed by atoms with E-state index in [9.17, 15) is 14.4 Å². The van der Waals surface area contributed by atoms with Crippen LogP contribution in [0.3, 0.4) is 0 Å². The number of allylic oxidation sites excluding steroid dienone is 1. The molecule has 22 heavy (non-hydrogen) atoms. The van der Waals surface area contributed by atoms with Gasteiger partial charge in [-0.2, -0.15) is 0 Å². The van der Waals surface area contributed by atoms with E-state index in [1.54, 1.807) is 31.2 Å². The number of imide groups is 1. The smallest absolute Gasteiger partial charge is 0.258 e. The second-order valence-electron chi connectivity index (χ2n) is 4.71. The van der Waals surface area contributed by atoms with Crippen LogP contribution in [0.2, 0.25) is 0 Å². The summed E-state index contributed by atoms with van der Waals surface area (Å²) in [5.41, 5.74) is 0. The van der Waals surface area contributed by atoms with Crippen LogP contribution in [0.5, 0.6) is 5.75 Å². The summed E-state index contributed by atoms with van der Waals surface area (Å²) in [6, 6.07) is 8.16. The van der Waals surface area contributed by atoms with Crippen molar-refractivity contribution < 1.29 is 19.1 Å². The third-order valence-corrected chi connectivity index (χ3v) is 4.09. The molecule has 1 saturated heterocycles. The molecule has 2 atom stereocenters. The molecular formula is C15H16N2O4S. The van der Waals surface area contributed by atoms with Crippen LogP contribution in [0.4, 0.5) is 0 Å². The number of carbonyl (C=O) groups excluding carboxylic acids is 3. The van der Waals surface area contributed by atoms with Crippen LogP contribution in [0, 0.1) is 0 Å². The molecule has 0 aromatic heterocycles. The normalized spacial score (nSPS) is 20.0. The summed E-state index contributed by atoms with van der Waals surface area (Å²) in [7, 11) is 0. The van der Waals surface area contributed by atoms with E-state index >= 15 is 0 Å². The van der Waals surface area contributed by atoms with Gasteiger partial charge in [0.1, 0.15) is 17.2 Å². The van der Waals surface area contributed by atoms with Crippen molar-refractivity contribution in [3.05, 3.63) is 41.8 Å². The second-order valence-corrected chi connectivity index (χ2v) is 6.12. The molecule has 0 spiro atoms. The summed E-state index contributed by atoms with van der Waals surface area (Å²) in [4.78, 5) is 36.3. The molecule has 2 unspecified atom stereocenters. The highest BCUT2D eigenvalue weighted by Crippen LogP contribution is 2.32. The molecule has 1 aromatic carbocycles. The fourth-order valence-corrected chi connectivity index (χ4v) is 2.94. The van der Waals surface area contributed by atoms with Crippen molar-refractivity contribution in [2.45, 2.75) is 18.3 Å². The first-order chi connectivity index (χ1) is 10.5. The lowest BCUT2D eigenvalue weighted by molar-refractivity contribution is -0.153. The second kappa shape index (κ2) is 7.13. The highest BCUT2D eigenvalue weighted by molar-refractivity contribution is 8.03. The number of amides is 3. The number of hydrogen-bond donors (Lipinski definition) is 1. The number of rotatable bonds is 7. The molecule has 0 saturated carbocycles. The molecule has 0 radical (unpaired) electrons. The first-order valence-electron chi connectivity index (χ1n) is 6.60. The van der Waals surface area contributed by atoms with E-state index in [2.05, 4.69) is 11.9 Å². The van der Waals surface area contributed by atoms with Gasteiger partial charge < -0.3 is 10.1 Å². The van der Waals surface area contributed by atoms with Crippen LogP contribution < -0.4 is 10.1 Å². The topological polar surface area (TPSA) is 75.7 Å². The molecule has 1 N–H and O–H groups in total. The highest BCUT2D eigenvalue weighted by atomic mass is 32.2. The quantitative estimate of drug-likeness (QED) is 0.602. The van der Waals surface area contributed by atoms with E-state index in [-0.39, 0.29) is 6.61 Å². The van der Waals surface area contributed by atoms with Crippen molar-refractivity contribution in [1.82, 2.24) is 10.2 Å². The molecule has 1 heterocycles. The number of likely N-dealkylation sites (tertiary alicyclic amines) is 1. The van der Waals surface area contributed by atoms with Crippen LogP contribution in [0.1, 0.15) is 6.92 Å². The van der Waals surface area contributed by atoms with E-state index in [0.717, 1.165) is 9.81 Å². The zero-order chi connectivity index (χ0) is 16.1. The molecule has 2 rings (SSSR count). The van der Waals surface area contributed by atoms with Gasteiger partial charge in [0.25, 0.3) is 11.8 Å². The van der Waals surface area contributed by atoms with E-state index in [4.69, 9.17) is 4.74 Å². The Bertz CT molecular complexity index is 590. The molecule has 3 amide bonds. The summed E-state index contributed by atoms with van der Waals surface area (Å²) in [5, 5.41) is 2.12. The standard InChI is InChI=1S/C15H16N2O4S/c1-10(2)22-15-13(14(20)17(15)9-18)16-12(19)8-21-11-6-4-3-5-7-11/h3-7,9,13,15H,1,8H2,2H3,(H,16,19). The number of carbonyl (C=O) groups is 3. The number of benzene rings is 1. The van der Waals surface area contributed by atoms with Gasteiger partial charge in [-0.05, 0) is 24.0 Å². The molecule has 0 aliphatic carbocycles. The van der Waals surface area contributed by atoms with Crippen LogP contribution in [0.25, 0.3) is 0 Å². The number of hydrogen-bond acceptors (Lipinski definition) is 5. The molecule has 0 bridgehead atoms. The molecule has 1 aliphatic rings. The van der Waals surface area contributed by atoms with Gasteiger partial charge in [0.2, 0.25) is 6.41 Å². The maximum atomic E-state index is 11.9. The Balaban J connectivity index is 1.88. The summed E-state index contributed by atoms with van der Waals surface area (Å²) in [5.74, 6) is -0.276. The van der Waals surface area contributed by atoms with Gasteiger partial charge >= 0.3 is 0 Å². The molecule has 1 aromatic rings. The van der Waals surface area contributed by atoms with E-state index in [1.165, 1.54) is 11.8 Å². The van der Waals surface area contributed by atoms with Crippen LogP contribution >= 0.6 is 11.8 Å². The summed E-state index contributed by atoms with van der Waals surface area (Å²) >= 11 is 1.27. The number of ether oxygens (including phenoxy) is 1. The van der Waals surface area contributed by atoms with Crippen molar-refractivity contribution in [3.8, 4) is 5.75 Å². The predicted molar refractivity (Wildman–Crippen MR) is 83.0 cm³/mol. The maximum Gasteiger partial charge on any atom is 0.258 e. The van der Waals surface area contributed by atoms with Gasteiger partial charge in [0.05, 0.1) is 0 Å². The minimum Gasteiger partial charge on any atom is -0.484 e. The Morgan fingerprint density at radius 1 is 1.45 bits per heavy atom. The van der Waals surface area contributed by atoms with Crippen LogP contribution in [-0.4, -0.2) is 41.1 Å². The van der Waals surface area contributed by atoms with Gasteiger partial charge in [-0.25, -0.2) is 0 Å². The van der Waals surface area contributed by atoms with Crippen LogP contribution in [-0.2, 0) is 14.4 Å². The van der Waals surface area contributed by atoms with E-state index in [0.29, 0.717) is 12.2 Å². The fraction of sp³-hybridized carbons (Fsp3) is 0.267. The van der Waals surface area contributed by atoms with Crippen molar-refractivity contribution in [2.24, 2.45) is 0 Å². The highest BCUT2D eigenvalue weighted by Gasteiger charge is 2.48. The zero-order valence-corrected chi connectivity index (χ0v) is 12.8. The number of thioether (sulfide) groups is 1. The van der Waals surface area contributed by atoms with E-state index < -0.39 is 23.2 Å². The first-order valence-corrected chi connectivity index (χ1v) is 7.47. The summed E-state index contributed by atoms with van der Waals surface area (Å²) in [6.07, 6.45) is 0.464. The average molecular weight is 320 g/mol. The van der Waals surface area contributed by atoms with Gasteiger partial charge in [-0.1, -0.05) is 24.8 Å². The minimum absolute atomic E-state index is 0.195. The lowest BCUT2D eigenvalue weighted by Crippen LogP contribution is -2.69. The van der Waals surface area contributed by atoms with Crippen molar-refractivity contribution in [3.63, 3.8) is 0 Å². The molecule has 1 aliphatic heterocycles. The van der Waals surface area contributed by atoms with Gasteiger partial charge in [-0.3, -0.25) is 19.3 Å². The van der Waals surface area contributed by atoms with Crippen molar-refractivity contribution >= 4 is 30.0 Å². The van der Waals surface area contributed by atoms with Gasteiger partial charge in [0, 0.05) is 0 Å². The number of nitrogens with zero attached hydrogens (tertiary/aromatic N) is 1. The summed E-state index contributed by atoms with van der Waals surface area (Å²) in [6.45, 7) is 5.31. The zero-order valence-electron chi connectivity index (χ0n) is 12.0. The SMILES string of the molecule is C=C(C)SC1C(NC(=O)COc2ccccc2)C(=O)N1C=O. The molecular weight excluding hydrogens is 304 g/mol. The predicted octanol–water partition coefficient (Wildman–Crippen LogP) is 1.14. The average Bonchev–Trinajstić information content (AvgIpc) is 2.51.